The zero-order valence-electron chi connectivity index (χ0n) is 17.7. The molecule has 1 amide bonds. The van der Waals surface area contributed by atoms with Crippen molar-refractivity contribution in [2.45, 2.75) is 44.0 Å². The second-order valence-corrected chi connectivity index (χ2v) is 9.52. The summed E-state index contributed by atoms with van der Waals surface area (Å²) in [4.78, 5) is 14.6. The Kier molecular flexibility index (Phi) is 7.50. The highest BCUT2D eigenvalue weighted by molar-refractivity contribution is 7.89. The molecule has 7 heteroatoms. The van der Waals surface area contributed by atoms with Crippen LogP contribution < -0.4 is 4.74 Å². The summed E-state index contributed by atoms with van der Waals surface area (Å²) in [5, 5.41) is 0. The van der Waals surface area contributed by atoms with Crippen molar-refractivity contribution in [1.29, 1.82) is 0 Å². The van der Waals surface area contributed by atoms with Gasteiger partial charge in [0.2, 0.25) is 10.0 Å². The fourth-order valence-corrected chi connectivity index (χ4v) is 5.14. The number of hydrogen-bond donors (Lipinski definition) is 0. The Labute approximate surface area is 179 Å². The SMILES string of the molecule is CCOc1ccc(CN(C)C(=O)c2ccc(S(=O)(=O)N3CCCCCC3)cc2)cc1. The van der Waals surface area contributed by atoms with E-state index in [4.69, 9.17) is 4.74 Å². The molecular weight excluding hydrogens is 400 g/mol. The number of benzene rings is 2. The molecule has 0 spiro atoms. The molecule has 1 fully saturated rings. The quantitative estimate of drug-likeness (QED) is 0.668. The van der Waals surface area contributed by atoms with Crippen LogP contribution in [0, 0.1) is 0 Å². The van der Waals surface area contributed by atoms with Crippen LogP contribution >= 0.6 is 0 Å². The molecule has 1 aliphatic heterocycles. The molecule has 0 N–H and O–H groups in total. The molecule has 1 heterocycles. The highest BCUT2D eigenvalue weighted by Crippen LogP contribution is 2.21. The number of amides is 1. The molecule has 0 atom stereocenters. The van der Waals surface area contributed by atoms with E-state index in [2.05, 4.69) is 0 Å². The van der Waals surface area contributed by atoms with E-state index in [9.17, 15) is 13.2 Å². The van der Waals surface area contributed by atoms with E-state index in [0.717, 1.165) is 37.0 Å². The highest BCUT2D eigenvalue weighted by Gasteiger charge is 2.25. The zero-order chi connectivity index (χ0) is 21.6. The van der Waals surface area contributed by atoms with Crippen LogP contribution in [0.4, 0.5) is 0 Å². The molecule has 2 aromatic carbocycles. The van der Waals surface area contributed by atoms with Gasteiger partial charge >= 0.3 is 0 Å². The van der Waals surface area contributed by atoms with Crippen LogP contribution in [-0.2, 0) is 16.6 Å². The predicted octanol–water partition coefficient (Wildman–Crippen LogP) is 3.92. The Morgan fingerprint density at radius 2 is 1.57 bits per heavy atom. The molecule has 3 rings (SSSR count). The first-order valence-corrected chi connectivity index (χ1v) is 11.9. The van der Waals surface area contributed by atoms with Gasteiger partial charge in [-0.25, -0.2) is 8.42 Å². The number of carbonyl (C=O) groups is 1. The fraction of sp³-hybridized carbons (Fsp3) is 0.435. The van der Waals surface area contributed by atoms with Crippen molar-refractivity contribution in [2.75, 3.05) is 26.7 Å². The lowest BCUT2D eigenvalue weighted by atomic mass is 10.1. The molecule has 0 bridgehead atoms. The summed E-state index contributed by atoms with van der Waals surface area (Å²) in [6.45, 7) is 4.13. The molecule has 6 nitrogen and oxygen atoms in total. The van der Waals surface area contributed by atoms with Gasteiger partial charge in [-0.3, -0.25) is 4.79 Å². The van der Waals surface area contributed by atoms with Gasteiger partial charge in [0.1, 0.15) is 5.75 Å². The van der Waals surface area contributed by atoms with Gasteiger partial charge in [-0.05, 0) is 61.7 Å². The fourth-order valence-electron chi connectivity index (χ4n) is 3.62. The summed E-state index contributed by atoms with van der Waals surface area (Å²) in [5.74, 6) is 0.652. The van der Waals surface area contributed by atoms with Gasteiger partial charge in [0.05, 0.1) is 11.5 Å². The van der Waals surface area contributed by atoms with E-state index in [1.165, 1.54) is 12.1 Å². The number of sulfonamides is 1. The summed E-state index contributed by atoms with van der Waals surface area (Å²) in [6, 6.07) is 13.9. The first-order chi connectivity index (χ1) is 14.4. The Bertz CT molecular complexity index is 932. The maximum atomic E-state index is 12.9. The van der Waals surface area contributed by atoms with Crippen LogP contribution in [0.25, 0.3) is 0 Å². The average molecular weight is 431 g/mol. The van der Waals surface area contributed by atoms with Crippen molar-refractivity contribution in [3.8, 4) is 5.75 Å². The molecule has 1 aliphatic rings. The minimum atomic E-state index is -3.51. The van der Waals surface area contributed by atoms with E-state index in [1.807, 2.05) is 31.2 Å². The third-order valence-electron chi connectivity index (χ3n) is 5.30. The molecule has 0 aliphatic carbocycles. The van der Waals surface area contributed by atoms with E-state index >= 15 is 0 Å². The maximum absolute atomic E-state index is 12.9. The minimum absolute atomic E-state index is 0.150. The lowest BCUT2D eigenvalue weighted by Crippen LogP contribution is -2.32. The molecule has 30 heavy (non-hydrogen) atoms. The zero-order valence-corrected chi connectivity index (χ0v) is 18.5. The van der Waals surface area contributed by atoms with Gasteiger partial charge in [-0.2, -0.15) is 4.31 Å². The lowest BCUT2D eigenvalue weighted by Gasteiger charge is -2.20. The molecule has 0 saturated carbocycles. The molecule has 162 valence electrons. The van der Waals surface area contributed by atoms with Crippen molar-refractivity contribution in [3.63, 3.8) is 0 Å². The Morgan fingerprint density at radius 1 is 0.967 bits per heavy atom. The predicted molar refractivity (Wildman–Crippen MR) is 117 cm³/mol. The van der Waals surface area contributed by atoms with Crippen molar-refractivity contribution in [2.24, 2.45) is 0 Å². The molecule has 0 unspecified atom stereocenters. The van der Waals surface area contributed by atoms with Gasteiger partial charge in [-0.15, -0.1) is 0 Å². The first kappa shape index (κ1) is 22.3. The van der Waals surface area contributed by atoms with Gasteiger partial charge < -0.3 is 9.64 Å². The summed E-state index contributed by atoms with van der Waals surface area (Å²) < 4.78 is 32.8. The number of nitrogens with zero attached hydrogens (tertiary/aromatic N) is 2. The van der Waals surface area contributed by atoms with E-state index in [-0.39, 0.29) is 10.8 Å². The van der Waals surface area contributed by atoms with Crippen molar-refractivity contribution >= 4 is 15.9 Å². The second-order valence-electron chi connectivity index (χ2n) is 7.58. The van der Waals surface area contributed by atoms with Crippen LogP contribution in [-0.4, -0.2) is 50.3 Å². The molecule has 0 aromatic heterocycles. The molecule has 0 radical (unpaired) electrons. The minimum Gasteiger partial charge on any atom is -0.494 e. The van der Waals surface area contributed by atoms with Crippen molar-refractivity contribution in [1.82, 2.24) is 9.21 Å². The molecule has 1 saturated heterocycles. The van der Waals surface area contributed by atoms with Crippen LogP contribution in [0.2, 0.25) is 0 Å². The number of carbonyl (C=O) groups excluding carboxylic acids is 1. The largest absolute Gasteiger partial charge is 0.494 e. The van der Waals surface area contributed by atoms with Gasteiger partial charge in [0, 0.05) is 32.2 Å². The highest BCUT2D eigenvalue weighted by atomic mass is 32.2. The van der Waals surface area contributed by atoms with E-state index < -0.39 is 10.0 Å². The molecule has 2 aromatic rings. The van der Waals surface area contributed by atoms with E-state index in [0.29, 0.717) is 31.8 Å². The second kappa shape index (κ2) is 10.1. The van der Waals surface area contributed by atoms with Crippen LogP contribution in [0.1, 0.15) is 48.5 Å². The summed E-state index contributed by atoms with van der Waals surface area (Å²) in [5.41, 5.74) is 1.47. The Morgan fingerprint density at radius 3 is 2.13 bits per heavy atom. The summed E-state index contributed by atoms with van der Waals surface area (Å²) in [6.07, 6.45) is 3.93. The monoisotopic (exact) mass is 430 g/mol. The lowest BCUT2D eigenvalue weighted by molar-refractivity contribution is 0.0785. The van der Waals surface area contributed by atoms with Crippen molar-refractivity contribution in [3.05, 3.63) is 59.7 Å². The normalized spacial score (nSPS) is 15.4. The summed E-state index contributed by atoms with van der Waals surface area (Å²) >= 11 is 0. The van der Waals surface area contributed by atoms with Gasteiger partial charge in [0.15, 0.2) is 0 Å². The Hall–Kier alpha value is -2.38. The van der Waals surface area contributed by atoms with Gasteiger partial charge in [0.25, 0.3) is 5.91 Å². The summed E-state index contributed by atoms with van der Waals surface area (Å²) in [7, 11) is -1.77. The number of rotatable bonds is 7. The third-order valence-corrected chi connectivity index (χ3v) is 7.22. The topological polar surface area (TPSA) is 66.9 Å². The van der Waals surface area contributed by atoms with E-state index in [1.54, 1.807) is 28.4 Å². The van der Waals surface area contributed by atoms with Crippen molar-refractivity contribution < 1.29 is 17.9 Å². The van der Waals surface area contributed by atoms with Crippen LogP contribution in [0.3, 0.4) is 0 Å². The third kappa shape index (κ3) is 5.40. The van der Waals surface area contributed by atoms with Crippen LogP contribution in [0.5, 0.6) is 5.75 Å². The standard InChI is InChI=1S/C23H30N2O4S/c1-3-29-21-12-8-19(9-13-21)18-24(2)23(26)20-10-14-22(15-11-20)30(27,28)25-16-6-4-5-7-17-25/h8-15H,3-7,16-18H2,1-2H3. The number of hydrogen-bond acceptors (Lipinski definition) is 4. The Balaban J connectivity index is 1.66. The van der Waals surface area contributed by atoms with Crippen LogP contribution in [0.15, 0.2) is 53.4 Å². The molecular formula is C23H30N2O4S. The average Bonchev–Trinajstić information content (AvgIpc) is 3.05. The smallest absolute Gasteiger partial charge is 0.253 e. The maximum Gasteiger partial charge on any atom is 0.253 e. The first-order valence-electron chi connectivity index (χ1n) is 10.5. The number of ether oxygens (including phenoxy) is 1. The van der Waals surface area contributed by atoms with Gasteiger partial charge in [-0.1, -0.05) is 25.0 Å².